The van der Waals surface area contributed by atoms with E-state index in [0.717, 1.165) is 0 Å². The van der Waals surface area contributed by atoms with Crippen molar-refractivity contribution in [3.8, 4) is 0 Å². The highest BCUT2D eigenvalue weighted by Gasteiger charge is 2.42. The van der Waals surface area contributed by atoms with Crippen molar-refractivity contribution in [3.63, 3.8) is 0 Å². The van der Waals surface area contributed by atoms with Crippen LogP contribution in [0.4, 0.5) is 0 Å². The molecule has 1 rings (SSSR count). The normalized spacial score (nSPS) is 38.1. The molecular formula is C6H10O6. The second-order valence-electron chi connectivity index (χ2n) is 2.64. The van der Waals surface area contributed by atoms with Crippen LogP contribution in [0, 0.1) is 0 Å². The molecule has 6 nitrogen and oxygen atoms in total. The van der Waals surface area contributed by atoms with Crippen molar-refractivity contribution in [2.45, 2.75) is 24.4 Å². The van der Waals surface area contributed by atoms with Gasteiger partial charge in [-0.15, -0.1) is 0 Å². The van der Waals surface area contributed by atoms with Gasteiger partial charge in [0, 0.05) is 0 Å². The van der Waals surface area contributed by atoms with E-state index >= 15 is 0 Å². The topological polar surface area (TPSA) is 107 Å². The van der Waals surface area contributed by atoms with Gasteiger partial charge in [-0.1, -0.05) is 0 Å². The molecule has 1 aliphatic rings. The summed E-state index contributed by atoms with van der Waals surface area (Å²) < 4.78 is 4.67. The zero-order chi connectivity index (χ0) is 9.30. The number of carboxylic acid groups (broad SMARTS) is 1. The van der Waals surface area contributed by atoms with Crippen LogP contribution in [-0.4, -0.2) is 57.4 Å². The summed E-state index contributed by atoms with van der Waals surface area (Å²) >= 11 is 0. The minimum Gasteiger partial charge on any atom is -0.479 e. The van der Waals surface area contributed by atoms with Crippen LogP contribution in [-0.2, 0) is 9.53 Å². The van der Waals surface area contributed by atoms with E-state index < -0.39 is 30.4 Å². The molecule has 0 aromatic carbocycles. The molecule has 0 saturated carbocycles. The van der Waals surface area contributed by atoms with E-state index in [2.05, 4.69) is 4.74 Å². The first-order chi connectivity index (χ1) is 5.54. The largest absolute Gasteiger partial charge is 0.479 e. The van der Waals surface area contributed by atoms with Crippen LogP contribution in [0.3, 0.4) is 0 Å². The molecule has 12 heavy (non-hydrogen) atoms. The Kier molecular flexibility index (Phi) is 2.63. The first-order valence-electron chi connectivity index (χ1n) is 3.42. The number of carbonyl (C=O) groups is 1. The van der Waals surface area contributed by atoms with Gasteiger partial charge in [-0.25, -0.2) is 4.79 Å². The van der Waals surface area contributed by atoms with Crippen molar-refractivity contribution < 1.29 is 30.0 Å². The minimum atomic E-state index is -1.79. The summed E-state index contributed by atoms with van der Waals surface area (Å²) in [4.78, 5) is 10.2. The highest BCUT2D eigenvalue weighted by molar-refractivity contribution is 5.72. The molecule has 6 heteroatoms. The van der Waals surface area contributed by atoms with E-state index in [-0.39, 0.29) is 6.61 Å². The van der Waals surface area contributed by atoms with E-state index in [1.807, 2.05) is 0 Å². The molecule has 1 fully saturated rings. The quantitative estimate of drug-likeness (QED) is 0.374. The van der Waals surface area contributed by atoms with Crippen LogP contribution in [0.1, 0.15) is 0 Å². The van der Waals surface area contributed by atoms with Gasteiger partial charge < -0.3 is 25.2 Å². The maximum atomic E-state index is 10.2. The summed E-state index contributed by atoms with van der Waals surface area (Å²) in [7, 11) is 0. The van der Waals surface area contributed by atoms with Gasteiger partial charge in [-0.05, 0) is 0 Å². The standard InChI is InChI=1S/C6H10O6/c7-2-1-12-5(3(2)8)4(9)6(10)11/h2-5,7-9H,1H2,(H,10,11)/t2-,3-,4-,5+/m1/s1. The minimum absolute atomic E-state index is 0.157. The van der Waals surface area contributed by atoms with E-state index in [1.165, 1.54) is 0 Å². The third kappa shape index (κ3) is 1.56. The number of hydrogen-bond donors (Lipinski definition) is 4. The monoisotopic (exact) mass is 178 g/mol. The second-order valence-corrected chi connectivity index (χ2v) is 2.64. The van der Waals surface area contributed by atoms with Crippen molar-refractivity contribution in [3.05, 3.63) is 0 Å². The van der Waals surface area contributed by atoms with Crippen LogP contribution in [0.25, 0.3) is 0 Å². The average Bonchev–Trinajstić information content (AvgIpc) is 2.32. The van der Waals surface area contributed by atoms with Crippen LogP contribution in [0.15, 0.2) is 0 Å². The lowest BCUT2D eigenvalue weighted by atomic mass is 10.1. The first kappa shape index (κ1) is 9.40. The molecule has 0 radical (unpaired) electrons. The summed E-state index contributed by atoms with van der Waals surface area (Å²) in [6.07, 6.45) is -5.49. The zero-order valence-corrected chi connectivity index (χ0v) is 6.12. The molecule has 1 saturated heterocycles. The second kappa shape index (κ2) is 3.36. The van der Waals surface area contributed by atoms with Crippen molar-refractivity contribution in [2.75, 3.05) is 6.61 Å². The van der Waals surface area contributed by atoms with E-state index in [4.69, 9.17) is 20.4 Å². The highest BCUT2D eigenvalue weighted by atomic mass is 16.5. The third-order valence-corrected chi connectivity index (χ3v) is 1.75. The molecule has 0 bridgehead atoms. The molecule has 0 spiro atoms. The Labute approximate surface area is 68.0 Å². The average molecular weight is 178 g/mol. The SMILES string of the molecule is O=C(O)[C@H](O)[C@H]1OC[C@@H](O)[C@H]1O. The Bertz CT molecular complexity index is 181. The van der Waals surface area contributed by atoms with Crippen LogP contribution < -0.4 is 0 Å². The van der Waals surface area contributed by atoms with Gasteiger partial charge in [0.1, 0.15) is 18.3 Å². The lowest BCUT2D eigenvalue weighted by molar-refractivity contribution is -0.156. The number of carboxylic acids is 1. The number of aliphatic hydroxyl groups is 3. The zero-order valence-electron chi connectivity index (χ0n) is 6.12. The molecule has 4 N–H and O–H groups in total. The van der Waals surface area contributed by atoms with Gasteiger partial charge in [-0.2, -0.15) is 0 Å². The Hall–Kier alpha value is -0.690. The van der Waals surface area contributed by atoms with Gasteiger partial charge in [0.2, 0.25) is 0 Å². The number of rotatable bonds is 2. The smallest absolute Gasteiger partial charge is 0.335 e. The summed E-state index contributed by atoms with van der Waals surface area (Å²) in [5.74, 6) is -1.48. The Balaban J connectivity index is 2.59. The maximum absolute atomic E-state index is 10.2. The number of aliphatic carboxylic acids is 1. The molecule has 0 aromatic rings. The Morgan fingerprint density at radius 1 is 1.50 bits per heavy atom. The fourth-order valence-corrected chi connectivity index (χ4v) is 1.04. The summed E-state index contributed by atoms with van der Waals surface area (Å²) in [5.41, 5.74) is 0. The lowest BCUT2D eigenvalue weighted by Gasteiger charge is -2.17. The van der Waals surface area contributed by atoms with Crippen molar-refractivity contribution in [1.29, 1.82) is 0 Å². The lowest BCUT2D eigenvalue weighted by Crippen LogP contribution is -2.42. The summed E-state index contributed by atoms with van der Waals surface area (Å²) in [6.45, 7) is -0.157. The van der Waals surface area contributed by atoms with Gasteiger partial charge in [0.05, 0.1) is 6.61 Å². The molecule has 0 aliphatic carbocycles. The van der Waals surface area contributed by atoms with Gasteiger partial charge >= 0.3 is 5.97 Å². The summed E-state index contributed by atoms with van der Waals surface area (Å²) in [6, 6.07) is 0. The molecular weight excluding hydrogens is 168 g/mol. The van der Waals surface area contributed by atoms with Gasteiger partial charge in [-0.3, -0.25) is 0 Å². The van der Waals surface area contributed by atoms with Gasteiger partial charge in [0.25, 0.3) is 0 Å². The Morgan fingerprint density at radius 2 is 2.08 bits per heavy atom. The van der Waals surface area contributed by atoms with Crippen LogP contribution in [0.2, 0.25) is 0 Å². The first-order valence-corrected chi connectivity index (χ1v) is 3.42. The molecule has 4 atom stereocenters. The Morgan fingerprint density at radius 3 is 2.42 bits per heavy atom. The van der Waals surface area contributed by atoms with E-state index in [9.17, 15) is 4.79 Å². The molecule has 0 unspecified atom stereocenters. The molecule has 1 heterocycles. The fraction of sp³-hybridized carbons (Fsp3) is 0.833. The molecule has 0 aromatic heterocycles. The maximum Gasteiger partial charge on any atom is 0.335 e. The van der Waals surface area contributed by atoms with Crippen molar-refractivity contribution >= 4 is 5.97 Å². The predicted octanol–water partition coefficient (Wildman–Crippen LogP) is -2.45. The number of aliphatic hydroxyl groups excluding tert-OH is 3. The van der Waals surface area contributed by atoms with Gasteiger partial charge in [0.15, 0.2) is 6.10 Å². The molecule has 0 amide bonds. The fourth-order valence-electron chi connectivity index (χ4n) is 1.04. The van der Waals surface area contributed by atoms with Crippen molar-refractivity contribution in [2.24, 2.45) is 0 Å². The molecule has 70 valence electrons. The number of hydrogen-bond acceptors (Lipinski definition) is 5. The highest BCUT2D eigenvalue weighted by Crippen LogP contribution is 2.17. The summed E-state index contributed by atoms with van der Waals surface area (Å²) in [5, 5.41) is 35.2. The third-order valence-electron chi connectivity index (χ3n) is 1.75. The predicted molar refractivity (Wildman–Crippen MR) is 35.4 cm³/mol. The van der Waals surface area contributed by atoms with Crippen LogP contribution >= 0.6 is 0 Å². The molecule has 1 aliphatic heterocycles. The number of ether oxygens (including phenoxy) is 1. The van der Waals surface area contributed by atoms with Crippen molar-refractivity contribution in [1.82, 2.24) is 0 Å². The van der Waals surface area contributed by atoms with Crippen LogP contribution in [0.5, 0.6) is 0 Å². The van der Waals surface area contributed by atoms with E-state index in [0.29, 0.717) is 0 Å². The van der Waals surface area contributed by atoms with E-state index in [1.54, 1.807) is 0 Å².